The van der Waals surface area contributed by atoms with E-state index in [9.17, 15) is 21.6 Å². The standard InChI is InChI=1S/C28H32ClN3O6S2/c1-21-7-12-25(13-8-21)40(36,37)32(23-11-16-27(38-2)26(29)19-23)20-28(33)30-22-9-14-24(15-10-22)39(34,35)31-17-5-3-4-6-18-31/h7-16,19H,3-6,17-18,20H2,1-2H3,(H,30,33). The van der Waals surface area contributed by atoms with Crippen molar-refractivity contribution in [2.75, 3.05) is 36.4 Å². The molecule has 1 amide bonds. The quantitative estimate of drug-likeness (QED) is 0.365. The smallest absolute Gasteiger partial charge is 0.264 e. The Morgan fingerprint density at radius 2 is 1.50 bits per heavy atom. The predicted octanol–water partition coefficient (Wildman–Crippen LogP) is 5.06. The lowest BCUT2D eigenvalue weighted by Gasteiger charge is -2.25. The fraction of sp³-hybridized carbons (Fsp3) is 0.321. The van der Waals surface area contributed by atoms with Crippen molar-refractivity contribution in [3.8, 4) is 5.75 Å². The van der Waals surface area contributed by atoms with E-state index in [-0.39, 0.29) is 20.5 Å². The van der Waals surface area contributed by atoms with E-state index in [0.717, 1.165) is 35.6 Å². The fourth-order valence-electron chi connectivity index (χ4n) is 4.44. The van der Waals surface area contributed by atoms with Gasteiger partial charge in [0.05, 0.1) is 27.6 Å². The number of sulfonamides is 2. The zero-order valence-corrected chi connectivity index (χ0v) is 24.7. The second-order valence-corrected chi connectivity index (χ2v) is 13.7. The summed E-state index contributed by atoms with van der Waals surface area (Å²) in [4.78, 5) is 13.3. The van der Waals surface area contributed by atoms with Crippen LogP contribution in [0.3, 0.4) is 0 Å². The minimum absolute atomic E-state index is 0.0147. The molecule has 3 aromatic rings. The van der Waals surface area contributed by atoms with Crippen molar-refractivity contribution in [3.05, 3.63) is 77.3 Å². The third kappa shape index (κ3) is 6.77. The first-order valence-corrected chi connectivity index (χ1v) is 16.1. The molecular formula is C28H32ClN3O6S2. The van der Waals surface area contributed by atoms with Crippen LogP contribution in [0.25, 0.3) is 0 Å². The summed E-state index contributed by atoms with van der Waals surface area (Å²) in [5.74, 6) is -0.261. The molecule has 0 bridgehead atoms. The first kappa shape index (κ1) is 29.9. The molecule has 1 aliphatic heterocycles. The van der Waals surface area contributed by atoms with Gasteiger partial charge in [0.2, 0.25) is 15.9 Å². The van der Waals surface area contributed by atoms with Crippen molar-refractivity contribution in [3.63, 3.8) is 0 Å². The van der Waals surface area contributed by atoms with Crippen molar-refractivity contribution in [1.82, 2.24) is 4.31 Å². The maximum atomic E-state index is 13.6. The van der Waals surface area contributed by atoms with Crippen molar-refractivity contribution >= 4 is 48.9 Å². The molecule has 1 aliphatic rings. The molecule has 12 heteroatoms. The van der Waals surface area contributed by atoms with Crippen LogP contribution in [0.4, 0.5) is 11.4 Å². The summed E-state index contributed by atoms with van der Waals surface area (Å²) in [5.41, 5.74) is 1.40. The zero-order valence-electron chi connectivity index (χ0n) is 22.3. The van der Waals surface area contributed by atoms with Crippen LogP contribution >= 0.6 is 11.6 Å². The van der Waals surface area contributed by atoms with Crippen LogP contribution < -0.4 is 14.4 Å². The van der Waals surface area contributed by atoms with Gasteiger partial charge >= 0.3 is 0 Å². The second kappa shape index (κ2) is 12.6. The number of nitrogens with one attached hydrogen (secondary N) is 1. The Morgan fingerprint density at radius 1 is 0.900 bits per heavy atom. The molecule has 0 aromatic heterocycles. The summed E-state index contributed by atoms with van der Waals surface area (Å²) < 4.78 is 61.0. The van der Waals surface area contributed by atoms with Gasteiger partial charge in [-0.25, -0.2) is 16.8 Å². The van der Waals surface area contributed by atoms with Gasteiger partial charge in [-0.15, -0.1) is 0 Å². The number of aryl methyl sites for hydroxylation is 1. The number of amides is 1. The molecule has 40 heavy (non-hydrogen) atoms. The summed E-state index contributed by atoms with van der Waals surface area (Å²) in [6, 6.07) is 16.6. The predicted molar refractivity (Wildman–Crippen MR) is 156 cm³/mol. The highest BCUT2D eigenvalue weighted by Crippen LogP contribution is 2.32. The van der Waals surface area contributed by atoms with Crippen LogP contribution in [0.15, 0.2) is 76.5 Å². The Kier molecular flexibility index (Phi) is 9.40. The van der Waals surface area contributed by atoms with Crippen molar-refractivity contribution in [2.24, 2.45) is 0 Å². The third-order valence-electron chi connectivity index (χ3n) is 6.66. The number of carbonyl (C=O) groups is 1. The maximum Gasteiger partial charge on any atom is 0.264 e. The Bertz CT molecular complexity index is 1550. The zero-order chi connectivity index (χ0) is 28.9. The molecule has 0 unspecified atom stereocenters. The minimum Gasteiger partial charge on any atom is -0.495 e. The molecule has 1 saturated heterocycles. The number of anilines is 2. The summed E-state index contributed by atoms with van der Waals surface area (Å²) in [5, 5.41) is 2.85. The molecule has 1 fully saturated rings. The van der Waals surface area contributed by atoms with Crippen molar-refractivity contribution in [1.29, 1.82) is 0 Å². The van der Waals surface area contributed by atoms with Gasteiger partial charge in [-0.05, 0) is 74.4 Å². The van der Waals surface area contributed by atoms with E-state index in [0.29, 0.717) is 24.5 Å². The van der Waals surface area contributed by atoms with Crippen LogP contribution in [0, 0.1) is 6.92 Å². The van der Waals surface area contributed by atoms with Crippen molar-refractivity contribution in [2.45, 2.75) is 42.4 Å². The minimum atomic E-state index is -4.15. The van der Waals surface area contributed by atoms with Gasteiger partial charge in [0.15, 0.2) is 0 Å². The highest BCUT2D eigenvalue weighted by Gasteiger charge is 2.28. The summed E-state index contributed by atoms with van der Waals surface area (Å²) in [6.45, 7) is 2.27. The summed E-state index contributed by atoms with van der Waals surface area (Å²) >= 11 is 6.27. The molecule has 4 rings (SSSR count). The van der Waals surface area contributed by atoms with Gasteiger partial charge in [0.1, 0.15) is 12.3 Å². The molecule has 0 aliphatic carbocycles. The van der Waals surface area contributed by atoms with Gasteiger partial charge in [-0.3, -0.25) is 9.10 Å². The normalized spacial score (nSPS) is 14.8. The van der Waals surface area contributed by atoms with Gasteiger partial charge in [-0.1, -0.05) is 42.1 Å². The van der Waals surface area contributed by atoms with Crippen LogP contribution in [-0.2, 0) is 24.8 Å². The number of benzene rings is 3. The highest BCUT2D eigenvalue weighted by atomic mass is 35.5. The average molecular weight is 606 g/mol. The summed E-state index contributed by atoms with van der Waals surface area (Å²) in [7, 11) is -6.34. The second-order valence-electron chi connectivity index (χ2n) is 9.53. The SMILES string of the molecule is COc1ccc(N(CC(=O)Nc2ccc(S(=O)(=O)N3CCCCCC3)cc2)S(=O)(=O)c2ccc(C)cc2)cc1Cl. The lowest BCUT2D eigenvalue weighted by Crippen LogP contribution is -2.38. The van der Waals surface area contributed by atoms with E-state index in [1.54, 1.807) is 12.1 Å². The van der Waals surface area contributed by atoms with Gasteiger partial charge in [-0.2, -0.15) is 4.31 Å². The van der Waals surface area contributed by atoms with E-state index in [4.69, 9.17) is 16.3 Å². The third-order valence-corrected chi connectivity index (χ3v) is 10.7. The van der Waals surface area contributed by atoms with E-state index < -0.39 is 32.5 Å². The Labute approximate surface area is 240 Å². The molecule has 0 saturated carbocycles. The average Bonchev–Trinajstić information content (AvgIpc) is 3.23. The van der Waals surface area contributed by atoms with Crippen LogP contribution in [0.1, 0.15) is 31.2 Å². The van der Waals surface area contributed by atoms with Crippen LogP contribution in [0.2, 0.25) is 5.02 Å². The first-order valence-electron chi connectivity index (χ1n) is 12.9. The lowest BCUT2D eigenvalue weighted by atomic mass is 10.2. The van der Waals surface area contributed by atoms with E-state index in [1.807, 2.05) is 6.92 Å². The topological polar surface area (TPSA) is 113 Å². The fourth-order valence-corrected chi connectivity index (χ4v) is 7.62. The highest BCUT2D eigenvalue weighted by molar-refractivity contribution is 7.92. The Morgan fingerprint density at radius 3 is 2.08 bits per heavy atom. The number of halogens is 1. The van der Waals surface area contributed by atoms with E-state index >= 15 is 0 Å². The number of rotatable bonds is 9. The largest absolute Gasteiger partial charge is 0.495 e. The lowest BCUT2D eigenvalue weighted by molar-refractivity contribution is -0.114. The summed E-state index contributed by atoms with van der Waals surface area (Å²) in [6.07, 6.45) is 3.68. The van der Waals surface area contributed by atoms with Gasteiger partial charge < -0.3 is 10.1 Å². The molecule has 1 N–H and O–H groups in total. The number of methoxy groups -OCH3 is 1. The van der Waals surface area contributed by atoms with Crippen molar-refractivity contribution < 1.29 is 26.4 Å². The monoisotopic (exact) mass is 605 g/mol. The number of nitrogens with zero attached hydrogens (tertiary/aromatic N) is 2. The van der Waals surface area contributed by atoms with Crippen LogP contribution in [-0.4, -0.2) is 53.8 Å². The first-order chi connectivity index (χ1) is 19.0. The number of ether oxygens (including phenoxy) is 1. The molecule has 214 valence electrons. The molecule has 3 aromatic carbocycles. The maximum absolute atomic E-state index is 13.6. The van der Waals surface area contributed by atoms with Gasteiger partial charge in [0, 0.05) is 18.8 Å². The molecule has 0 atom stereocenters. The molecule has 0 spiro atoms. The molecule has 0 radical (unpaired) electrons. The number of carbonyl (C=O) groups excluding carboxylic acids is 1. The van der Waals surface area contributed by atoms with Gasteiger partial charge in [0.25, 0.3) is 10.0 Å². The molecule has 1 heterocycles. The van der Waals surface area contributed by atoms with E-state index in [2.05, 4.69) is 5.32 Å². The van der Waals surface area contributed by atoms with E-state index in [1.165, 1.54) is 66.0 Å². The molecule has 9 nitrogen and oxygen atoms in total. The Balaban J connectivity index is 1.56. The number of hydrogen-bond acceptors (Lipinski definition) is 6. The number of hydrogen-bond donors (Lipinski definition) is 1. The molecular weight excluding hydrogens is 574 g/mol. The van der Waals surface area contributed by atoms with Crippen LogP contribution in [0.5, 0.6) is 5.75 Å². The Hall–Kier alpha value is -3.12.